The quantitative estimate of drug-likeness (QED) is 0.684. The first-order valence-electron chi connectivity index (χ1n) is 5.95. The van der Waals surface area contributed by atoms with Crippen LogP contribution in [0, 0.1) is 15.9 Å². The van der Waals surface area contributed by atoms with Gasteiger partial charge in [-0.1, -0.05) is 18.2 Å². The van der Waals surface area contributed by atoms with Crippen molar-refractivity contribution in [2.75, 3.05) is 0 Å². The van der Waals surface area contributed by atoms with Gasteiger partial charge in [-0.25, -0.2) is 4.39 Å². The van der Waals surface area contributed by atoms with Crippen molar-refractivity contribution in [1.29, 1.82) is 0 Å². The average molecular weight is 276 g/mol. The summed E-state index contributed by atoms with van der Waals surface area (Å²) in [5, 5.41) is 10.9. The number of benzene rings is 2. The van der Waals surface area contributed by atoms with Gasteiger partial charge in [-0.15, -0.1) is 0 Å². The number of nitrogens with zero attached hydrogens (tertiary/aromatic N) is 1. The summed E-state index contributed by atoms with van der Waals surface area (Å²) < 4.78 is 18.6. The van der Waals surface area contributed by atoms with E-state index in [1.807, 2.05) is 0 Å². The number of halogens is 1. The molecule has 0 aliphatic rings. The third-order valence-electron chi connectivity index (χ3n) is 2.75. The van der Waals surface area contributed by atoms with Gasteiger partial charge in [0.15, 0.2) is 0 Å². The molecule has 0 heterocycles. The van der Waals surface area contributed by atoms with E-state index in [0.29, 0.717) is 11.3 Å². The molecule has 0 saturated heterocycles. The SMILES string of the molecule is C[C@H](N)c1ccccc1Oc1ccc(F)cc1[N+](=O)[O-]. The molecule has 0 radical (unpaired) electrons. The van der Waals surface area contributed by atoms with Crippen LogP contribution in [0.25, 0.3) is 0 Å². The van der Waals surface area contributed by atoms with Crippen LogP contribution in [-0.2, 0) is 0 Å². The highest BCUT2D eigenvalue weighted by Gasteiger charge is 2.18. The molecule has 104 valence electrons. The molecule has 6 heteroatoms. The maximum absolute atomic E-state index is 13.1. The lowest BCUT2D eigenvalue weighted by Gasteiger charge is -2.13. The number of para-hydroxylation sites is 1. The monoisotopic (exact) mass is 276 g/mol. The lowest BCUT2D eigenvalue weighted by molar-refractivity contribution is -0.385. The first-order valence-corrected chi connectivity index (χ1v) is 5.95. The van der Waals surface area contributed by atoms with Crippen LogP contribution in [0.1, 0.15) is 18.5 Å². The van der Waals surface area contributed by atoms with Gasteiger partial charge in [-0.05, 0) is 25.1 Å². The number of hydrogen-bond acceptors (Lipinski definition) is 4. The normalized spacial score (nSPS) is 11.9. The van der Waals surface area contributed by atoms with Crippen molar-refractivity contribution in [3.05, 3.63) is 64.0 Å². The summed E-state index contributed by atoms with van der Waals surface area (Å²) in [5.74, 6) is -0.300. The molecule has 0 amide bonds. The van der Waals surface area contributed by atoms with Gasteiger partial charge in [0.1, 0.15) is 11.6 Å². The van der Waals surface area contributed by atoms with Gasteiger partial charge >= 0.3 is 5.69 Å². The summed E-state index contributed by atoms with van der Waals surface area (Å²) in [6.07, 6.45) is 0. The Kier molecular flexibility index (Phi) is 3.95. The Morgan fingerprint density at radius 1 is 1.25 bits per heavy atom. The van der Waals surface area contributed by atoms with E-state index in [2.05, 4.69) is 0 Å². The van der Waals surface area contributed by atoms with Gasteiger partial charge < -0.3 is 10.5 Å². The van der Waals surface area contributed by atoms with Crippen LogP contribution >= 0.6 is 0 Å². The van der Waals surface area contributed by atoms with Crippen LogP contribution in [0.4, 0.5) is 10.1 Å². The summed E-state index contributed by atoms with van der Waals surface area (Å²) >= 11 is 0. The number of nitro benzene ring substituents is 1. The highest BCUT2D eigenvalue weighted by Crippen LogP contribution is 2.34. The lowest BCUT2D eigenvalue weighted by Crippen LogP contribution is -2.06. The first kappa shape index (κ1) is 14.0. The Balaban J connectivity index is 2.43. The smallest absolute Gasteiger partial charge is 0.314 e. The number of hydrogen-bond donors (Lipinski definition) is 1. The highest BCUT2D eigenvalue weighted by molar-refractivity contribution is 5.50. The van der Waals surface area contributed by atoms with E-state index in [1.54, 1.807) is 31.2 Å². The summed E-state index contributed by atoms with van der Waals surface area (Å²) in [7, 11) is 0. The highest BCUT2D eigenvalue weighted by atomic mass is 19.1. The van der Waals surface area contributed by atoms with E-state index in [-0.39, 0.29) is 11.8 Å². The topological polar surface area (TPSA) is 78.4 Å². The van der Waals surface area contributed by atoms with Crippen LogP contribution < -0.4 is 10.5 Å². The van der Waals surface area contributed by atoms with Crippen LogP contribution in [0.5, 0.6) is 11.5 Å². The predicted octanol–water partition coefficient (Wildman–Crippen LogP) is 3.55. The minimum absolute atomic E-state index is 0.0236. The van der Waals surface area contributed by atoms with Crippen molar-refractivity contribution >= 4 is 5.69 Å². The second-order valence-electron chi connectivity index (χ2n) is 4.30. The molecule has 5 nitrogen and oxygen atoms in total. The Hall–Kier alpha value is -2.47. The molecule has 2 N–H and O–H groups in total. The minimum Gasteiger partial charge on any atom is -0.450 e. The Labute approximate surface area is 114 Å². The predicted molar refractivity (Wildman–Crippen MR) is 72.2 cm³/mol. The van der Waals surface area contributed by atoms with Crippen LogP contribution in [-0.4, -0.2) is 4.92 Å². The maximum atomic E-state index is 13.1. The van der Waals surface area contributed by atoms with E-state index in [1.165, 1.54) is 6.07 Å². The Bertz CT molecular complexity index is 644. The van der Waals surface area contributed by atoms with Crippen molar-refractivity contribution in [3.8, 4) is 11.5 Å². The maximum Gasteiger partial charge on any atom is 0.314 e. The van der Waals surface area contributed by atoms with Crippen LogP contribution in [0.3, 0.4) is 0 Å². The third kappa shape index (κ3) is 2.92. The summed E-state index contributed by atoms with van der Waals surface area (Å²) in [5.41, 5.74) is 6.10. The Morgan fingerprint density at radius 2 is 1.95 bits per heavy atom. The van der Waals surface area contributed by atoms with Crippen LogP contribution in [0.2, 0.25) is 0 Å². The molecule has 2 aromatic carbocycles. The number of rotatable bonds is 4. The van der Waals surface area contributed by atoms with E-state index >= 15 is 0 Å². The average Bonchev–Trinajstić information content (AvgIpc) is 2.41. The molecule has 2 aromatic rings. The van der Waals surface area contributed by atoms with Crippen molar-refractivity contribution in [1.82, 2.24) is 0 Å². The van der Waals surface area contributed by atoms with E-state index < -0.39 is 16.4 Å². The molecule has 0 aliphatic carbocycles. The molecule has 2 rings (SSSR count). The minimum atomic E-state index is -0.690. The standard InChI is InChI=1S/C14H13FN2O3/c1-9(16)11-4-2-3-5-13(11)20-14-7-6-10(15)8-12(14)17(18)19/h2-9H,16H2,1H3/t9-/m0/s1. The van der Waals surface area contributed by atoms with E-state index in [9.17, 15) is 14.5 Å². The first-order chi connectivity index (χ1) is 9.49. The molecule has 1 atom stereocenters. The molecule has 0 saturated carbocycles. The molecule has 0 fully saturated rings. The van der Waals surface area contributed by atoms with Gasteiger partial charge in [0.25, 0.3) is 0 Å². The van der Waals surface area contributed by atoms with E-state index in [4.69, 9.17) is 10.5 Å². The molecule has 0 bridgehead atoms. The van der Waals surface area contributed by atoms with Gasteiger partial charge in [0.05, 0.1) is 11.0 Å². The molecule has 0 unspecified atom stereocenters. The van der Waals surface area contributed by atoms with E-state index in [0.717, 1.165) is 12.1 Å². The molecular weight excluding hydrogens is 263 g/mol. The fourth-order valence-electron chi connectivity index (χ4n) is 1.79. The van der Waals surface area contributed by atoms with Crippen LogP contribution in [0.15, 0.2) is 42.5 Å². The molecular formula is C14H13FN2O3. The molecule has 20 heavy (non-hydrogen) atoms. The zero-order chi connectivity index (χ0) is 14.7. The molecule has 0 spiro atoms. The number of nitrogens with two attached hydrogens (primary N) is 1. The number of nitro groups is 1. The summed E-state index contributed by atoms with van der Waals surface area (Å²) in [6.45, 7) is 1.78. The lowest BCUT2D eigenvalue weighted by atomic mass is 10.1. The fourth-order valence-corrected chi connectivity index (χ4v) is 1.79. The van der Waals surface area contributed by atoms with Crippen molar-refractivity contribution in [2.45, 2.75) is 13.0 Å². The third-order valence-corrected chi connectivity index (χ3v) is 2.75. The van der Waals surface area contributed by atoms with Crippen molar-refractivity contribution in [2.24, 2.45) is 5.73 Å². The zero-order valence-electron chi connectivity index (χ0n) is 10.7. The van der Waals surface area contributed by atoms with Gasteiger partial charge in [0.2, 0.25) is 5.75 Å². The second-order valence-corrected chi connectivity index (χ2v) is 4.30. The summed E-state index contributed by atoms with van der Waals surface area (Å²) in [4.78, 5) is 10.2. The van der Waals surface area contributed by atoms with Gasteiger partial charge in [0, 0.05) is 11.6 Å². The Morgan fingerprint density at radius 3 is 2.60 bits per heavy atom. The van der Waals surface area contributed by atoms with Crippen molar-refractivity contribution in [3.63, 3.8) is 0 Å². The fraction of sp³-hybridized carbons (Fsp3) is 0.143. The molecule has 0 aliphatic heterocycles. The number of ether oxygens (including phenoxy) is 1. The second kappa shape index (κ2) is 5.66. The van der Waals surface area contributed by atoms with Gasteiger partial charge in [-0.3, -0.25) is 10.1 Å². The molecule has 0 aromatic heterocycles. The largest absolute Gasteiger partial charge is 0.450 e. The summed E-state index contributed by atoms with van der Waals surface area (Å²) in [6, 6.07) is 9.83. The van der Waals surface area contributed by atoms with Crippen molar-refractivity contribution < 1.29 is 14.1 Å². The van der Waals surface area contributed by atoms with Gasteiger partial charge in [-0.2, -0.15) is 0 Å². The zero-order valence-corrected chi connectivity index (χ0v) is 10.7.